The second-order valence-corrected chi connectivity index (χ2v) is 10.7. The van der Waals surface area contributed by atoms with Crippen molar-refractivity contribution < 1.29 is 0 Å². The zero-order valence-corrected chi connectivity index (χ0v) is 22.4. The molecule has 2 atom stereocenters. The second-order valence-electron chi connectivity index (χ2n) is 10.7. The SMILES string of the molecule is CC(C)c1ccc2ccc(CC(C)c3cnc4ccc(C(C)c5ccc6ncccc6c5)cc4n3)cc2n1. The van der Waals surface area contributed by atoms with Crippen molar-refractivity contribution >= 4 is 32.8 Å². The Morgan fingerprint density at radius 1 is 0.605 bits per heavy atom. The molecular weight excluding hydrogens is 464 g/mol. The van der Waals surface area contributed by atoms with Crippen molar-refractivity contribution in [1.29, 1.82) is 0 Å². The zero-order valence-electron chi connectivity index (χ0n) is 22.4. The van der Waals surface area contributed by atoms with E-state index in [4.69, 9.17) is 15.0 Å². The highest BCUT2D eigenvalue weighted by Crippen LogP contribution is 2.29. The van der Waals surface area contributed by atoms with Gasteiger partial charge in [-0.1, -0.05) is 64.1 Å². The Morgan fingerprint density at radius 3 is 2.21 bits per heavy atom. The fraction of sp³-hybridized carbons (Fsp3) is 0.235. The lowest BCUT2D eigenvalue weighted by atomic mass is 9.92. The van der Waals surface area contributed by atoms with Crippen molar-refractivity contribution in [3.05, 3.63) is 119 Å². The molecule has 3 aromatic carbocycles. The van der Waals surface area contributed by atoms with Gasteiger partial charge in [0, 0.05) is 40.7 Å². The van der Waals surface area contributed by atoms with Crippen LogP contribution in [0.3, 0.4) is 0 Å². The number of nitrogens with zero attached hydrogens (tertiary/aromatic N) is 4. The predicted molar refractivity (Wildman–Crippen MR) is 157 cm³/mol. The van der Waals surface area contributed by atoms with E-state index >= 15 is 0 Å². The first-order valence-corrected chi connectivity index (χ1v) is 13.5. The summed E-state index contributed by atoms with van der Waals surface area (Å²) in [5, 5.41) is 2.35. The van der Waals surface area contributed by atoms with E-state index in [9.17, 15) is 0 Å². The van der Waals surface area contributed by atoms with Crippen molar-refractivity contribution in [2.24, 2.45) is 0 Å². The minimum atomic E-state index is 0.242. The van der Waals surface area contributed by atoms with Gasteiger partial charge in [-0.05, 0) is 71.5 Å². The number of rotatable bonds is 6. The van der Waals surface area contributed by atoms with Crippen molar-refractivity contribution in [2.45, 2.75) is 51.9 Å². The van der Waals surface area contributed by atoms with Crippen molar-refractivity contribution in [1.82, 2.24) is 19.9 Å². The second kappa shape index (κ2) is 9.94. The molecule has 188 valence electrons. The van der Waals surface area contributed by atoms with Crippen LogP contribution in [0.15, 0.2) is 91.3 Å². The van der Waals surface area contributed by atoms with Crippen molar-refractivity contribution in [3.8, 4) is 0 Å². The highest BCUT2D eigenvalue weighted by atomic mass is 14.8. The monoisotopic (exact) mass is 496 g/mol. The highest BCUT2D eigenvalue weighted by Gasteiger charge is 2.14. The maximum absolute atomic E-state index is 5.07. The third-order valence-electron chi connectivity index (χ3n) is 7.63. The average molecular weight is 497 g/mol. The van der Waals surface area contributed by atoms with Crippen LogP contribution in [0.5, 0.6) is 0 Å². The molecule has 0 amide bonds. The summed E-state index contributed by atoms with van der Waals surface area (Å²) in [5.74, 6) is 0.903. The number of aromatic nitrogens is 4. The Kier molecular flexibility index (Phi) is 6.32. The molecule has 38 heavy (non-hydrogen) atoms. The first-order valence-electron chi connectivity index (χ1n) is 13.5. The fourth-order valence-electron chi connectivity index (χ4n) is 5.19. The molecule has 0 aliphatic rings. The number of pyridine rings is 2. The van der Waals surface area contributed by atoms with Gasteiger partial charge in [-0.15, -0.1) is 0 Å². The van der Waals surface area contributed by atoms with Crippen LogP contribution in [0.2, 0.25) is 0 Å². The molecule has 3 aromatic heterocycles. The van der Waals surface area contributed by atoms with Gasteiger partial charge in [0.1, 0.15) is 0 Å². The van der Waals surface area contributed by atoms with Gasteiger partial charge in [-0.3, -0.25) is 15.0 Å². The van der Waals surface area contributed by atoms with E-state index in [-0.39, 0.29) is 11.8 Å². The van der Waals surface area contributed by atoms with E-state index in [1.54, 1.807) is 0 Å². The number of benzene rings is 3. The van der Waals surface area contributed by atoms with Crippen LogP contribution in [-0.2, 0) is 6.42 Å². The van der Waals surface area contributed by atoms with Crippen LogP contribution in [0.25, 0.3) is 32.8 Å². The largest absolute Gasteiger partial charge is 0.256 e. The van der Waals surface area contributed by atoms with Gasteiger partial charge >= 0.3 is 0 Å². The minimum absolute atomic E-state index is 0.242. The van der Waals surface area contributed by atoms with E-state index < -0.39 is 0 Å². The lowest BCUT2D eigenvalue weighted by Crippen LogP contribution is -2.04. The van der Waals surface area contributed by atoms with Crippen LogP contribution in [0, 0.1) is 0 Å². The van der Waals surface area contributed by atoms with Crippen molar-refractivity contribution in [3.63, 3.8) is 0 Å². The molecule has 0 radical (unpaired) electrons. The maximum atomic E-state index is 5.07. The van der Waals surface area contributed by atoms with E-state index in [1.165, 1.54) is 22.1 Å². The summed E-state index contributed by atoms with van der Waals surface area (Å²) >= 11 is 0. The zero-order chi connectivity index (χ0) is 26.2. The summed E-state index contributed by atoms with van der Waals surface area (Å²) in [7, 11) is 0. The van der Waals surface area contributed by atoms with E-state index in [0.29, 0.717) is 5.92 Å². The van der Waals surface area contributed by atoms with Gasteiger partial charge in [0.2, 0.25) is 0 Å². The van der Waals surface area contributed by atoms with Crippen LogP contribution in [-0.4, -0.2) is 19.9 Å². The van der Waals surface area contributed by atoms with Gasteiger partial charge in [0.25, 0.3) is 0 Å². The number of hydrogen-bond donors (Lipinski definition) is 0. The molecular formula is C34H32N4. The standard InChI is InChI=1S/C34H32N4/c1-21(2)29-12-9-25-8-7-24(17-32(25)37-29)16-22(3)34-20-36-31-14-11-27(19-33(31)38-34)23(4)26-10-13-30-28(18-26)6-5-15-35-30/h5-15,17-23H,16H2,1-4H3. The normalized spacial score (nSPS) is 13.4. The summed E-state index contributed by atoms with van der Waals surface area (Å²) in [6, 6.07) is 28.0. The Hall–Kier alpha value is -4.18. The molecule has 4 nitrogen and oxygen atoms in total. The summed E-state index contributed by atoms with van der Waals surface area (Å²) in [6.45, 7) is 8.85. The summed E-state index contributed by atoms with van der Waals surface area (Å²) in [5.41, 5.74) is 9.89. The third kappa shape index (κ3) is 4.74. The predicted octanol–water partition coefficient (Wildman–Crippen LogP) is 8.35. The van der Waals surface area contributed by atoms with Crippen LogP contribution in [0.4, 0.5) is 0 Å². The number of fused-ring (bicyclic) bond motifs is 3. The molecule has 0 aliphatic heterocycles. The molecule has 0 aliphatic carbocycles. The highest BCUT2D eigenvalue weighted by molar-refractivity contribution is 5.80. The molecule has 3 heterocycles. The van der Waals surface area contributed by atoms with Crippen LogP contribution < -0.4 is 0 Å². The lowest BCUT2D eigenvalue weighted by molar-refractivity contribution is 0.730. The average Bonchev–Trinajstić information content (AvgIpc) is 2.95. The Labute approximate surface area is 223 Å². The smallest absolute Gasteiger partial charge is 0.0893 e. The molecule has 0 N–H and O–H groups in total. The van der Waals surface area contributed by atoms with Gasteiger partial charge in [0.05, 0.1) is 27.8 Å². The summed E-state index contributed by atoms with van der Waals surface area (Å²) < 4.78 is 0. The minimum Gasteiger partial charge on any atom is -0.256 e. The van der Waals surface area contributed by atoms with Gasteiger partial charge in [-0.25, -0.2) is 4.98 Å². The topological polar surface area (TPSA) is 51.6 Å². The van der Waals surface area contributed by atoms with Crippen molar-refractivity contribution in [2.75, 3.05) is 0 Å². The molecule has 0 saturated heterocycles. The Morgan fingerprint density at radius 2 is 1.37 bits per heavy atom. The Bertz CT molecular complexity index is 1770. The summed E-state index contributed by atoms with van der Waals surface area (Å²) in [6.07, 6.45) is 4.67. The van der Waals surface area contributed by atoms with Crippen LogP contribution >= 0.6 is 0 Å². The van der Waals surface area contributed by atoms with E-state index in [2.05, 4.69) is 105 Å². The van der Waals surface area contributed by atoms with Crippen LogP contribution in [0.1, 0.15) is 73.5 Å². The molecule has 0 bridgehead atoms. The molecule has 4 heteroatoms. The van der Waals surface area contributed by atoms with E-state index in [0.717, 1.165) is 45.3 Å². The van der Waals surface area contributed by atoms with Gasteiger partial charge in [-0.2, -0.15) is 0 Å². The molecule has 2 unspecified atom stereocenters. The van der Waals surface area contributed by atoms with E-state index in [1.807, 2.05) is 18.5 Å². The summed E-state index contributed by atoms with van der Waals surface area (Å²) in [4.78, 5) is 19.2. The third-order valence-corrected chi connectivity index (χ3v) is 7.63. The molecule has 0 fully saturated rings. The first kappa shape index (κ1) is 24.2. The lowest BCUT2D eigenvalue weighted by Gasteiger charge is -2.15. The van der Waals surface area contributed by atoms with Gasteiger partial charge < -0.3 is 0 Å². The molecule has 0 saturated carbocycles. The maximum Gasteiger partial charge on any atom is 0.0893 e. The molecule has 6 aromatic rings. The van der Waals surface area contributed by atoms with Gasteiger partial charge in [0.15, 0.2) is 0 Å². The Balaban J connectivity index is 1.26. The number of hydrogen-bond acceptors (Lipinski definition) is 4. The fourth-order valence-corrected chi connectivity index (χ4v) is 5.19. The quantitative estimate of drug-likeness (QED) is 0.232. The molecule has 0 spiro atoms. The molecule has 6 rings (SSSR count). The first-order chi connectivity index (χ1) is 18.4.